The molecule has 0 saturated carbocycles. The Labute approximate surface area is 154 Å². The van der Waals surface area contributed by atoms with E-state index in [4.69, 9.17) is 0 Å². The Bertz CT molecular complexity index is 1320. The molecule has 0 fully saturated rings. The third-order valence-electron chi connectivity index (χ3n) is 5.46. The molecule has 0 unspecified atom stereocenters. The van der Waals surface area contributed by atoms with Gasteiger partial charge in [0.25, 0.3) is 5.56 Å². The molecule has 0 atom stereocenters. The SMILES string of the molecule is Cn1c(=O)c2c(nc3n2CCN(c2cccc4ccccc24)C3)n(C)c1=O. The van der Waals surface area contributed by atoms with Gasteiger partial charge in [-0.3, -0.25) is 13.9 Å². The van der Waals surface area contributed by atoms with Crippen LogP contribution in [0.5, 0.6) is 0 Å². The number of imidazole rings is 1. The van der Waals surface area contributed by atoms with Crippen molar-refractivity contribution in [1.29, 1.82) is 0 Å². The van der Waals surface area contributed by atoms with Crippen LogP contribution in [0.2, 0.25) is 0 Å². The van der Waals surface area contributed by atoms with Crippen molar-refractivity contribution in [3.8, 4) is 0 Å². The maximum Gasteiger partial charge on any atom is 0.332 e. The zero-order chi connectivity index (χ0) is 18.7. The number of hydrogen-bond acceptors (Lipinski definition) is 4. The van der Waals surface area contributed by atoms with Gasteiger partial charge in [0.1, 0.15) is 5.82 Å². The molecule has 0 amide bonds. The molecule has 4 aromatic rings. The third-order valence-corrected chi connectivity index (χ3v) is 5.46. The first kappa shape index (κ1) is 15.9. The number of benzene rings is 2. The van der Waals surface area contributed by atoms with Crippen LogP contribution in [-0.2, 0) is 27.2 Å². The van der Waals surface area contributed by atoms with Gasteiger partial charge < -0.3 is 9.47 Å². The molecule has 2 aromatic heterocycles. The molecule has 1 aliphatic heterocycles. The predicted molar refractivity (Wildman–Crippen MR) is 105 cm³/mol. The molecule has 0 N–H and O–H groups in total. The van der Waals surface area contributed by atoms with Crippen molar-refractivity contribution in [3.63, 3.8) is 0 Å². The Morgan fingerprint density at radius 3 is 2.56 bits per heavy atom. The van der Waals surface area contributed by atoms with E-state index >= 15 is 0 Å². The summed E-state index contributed by atoms with van der Waals surface area (Å²) in [5, 5.41) is 2.40. The number of aromatic nitrogens is 4. The fourth-order valence-electron chi connectivity index (χ4n) is 4.01. The summed E-state index contributed by atoms with van der Waals surface area (Å²) in [6.07, 6.45) is 0. The summed E-state index contributed by atoms with van der Waals surface area (Å²) in [6.45, 7) is 2.03. The summed E-state index contributed by atoms with van der Waals surface area (Å²) in [5.74, 6) is 0.808. The molecule has 136 valence electrons. The summed E-state index contributed by atoms with van der Waals surface area (Å²) in [4.78, 5) is 31.8. The van der Waals surface area contributed by atoms with Gasteiger partial charge in [-0.15, -0.1) is 0 Å². The minimum atomic E-state index is -0.353. The average Bonchev–Trinajstić information content (AvgIpc) is 3.09. The highest BCUT2D eigenvalue weighted by molar-refractivity contribution is 5.94. The van der Waals surface area contributed by atoms with Gasteiger partial charge in [-0.05, 0) is 11.5 Å². The van der Waals surface area contributed by atoms with E-state index in [1.165, 1.54) is 22.4 Å². The lowest BCUT2D eigenvalue weighted by Crippen LogP contribution is -2.38. The first-order valence-corrected chi connectivity index (χ1v) is 8.94. The van der Waals surface area contributed by atoms with Crippen molar-refractivity contribution in [1.82, 2.24) is 18.7 Å². The standard InChI is InChI=1S/C20H19N5O2/c1-22-18-17(19(26)23(2)20(22)27)25-11-10-24(12-16(25)21-18)15-9-5-7-13-6-3-4-8-14(13)15/h3-9H,10-12H2,1-2H3. The van der Waals surface area contributed by atoms with Crippen LogP contribution in [0.4, 0.5) is 5.69 Å². The normalized spacial score (nSPS) is 14.1. The summed E-state index contributed by atoms with van der Waals surface area (Å²) < 4.78 is 4.55. The van der Waals surface area contributed by atoms with Crippen LogP contribution in [0.15, 0.2) is 52.1 Å². The van der Waals surface area contributed by atoms with Crippen LogP contribution in [0.1, 0.15) is 5.82 Å². The highest BCUT2D eigenvalue weighted by Crippen LogP contribution is 2.30. The van der Waals surface area contributed by atoms with E-state index in [1.807, 2.05) is 16.7 Å². The van der Waals surface area contributed by atoms with Crippen molar-refractivity contribution in [3.05, 3.63) is 69.1 Å². The molecule has 1 aliphatic rings. The monoisotopic (exact) mass is 361 g/mol. The zero-order valence-corrected chi connectivity index (χ0v) is 15.2. The smallest absolute Gasteiger partial charge is 0.332 e. The van der Waals surface area contributed by atoms with Gasteiger partial charge in [0.05, 0.1) is 6.54 Å². The quantitative estimate of drug-likeness (QED) is 0.517. The summed E-state index contributed by atoms with van der Waals surface area (Å²) >= 11 is 0. The molecule has 0 aliphatic carbocycles. The zero-order valence-electron chi connectivity index (χ0n) is 15.2. The van der Waals surface area contributed by atoms with Gasteiger partial charge in [-0.25, -0.2) is 9.78 Å². The molecule has 0 radical (unpaired) electrons. The van der Waals surface area contributed by atoms with E-state index < -0.39 is 0 Å². The van der Waals surface area contributed by atoms with E-state index in [9.17, 15) is 9.59 Å². The van der Waals surface area contributed by atoms with Gasteiger partial charge in [0.15, 0.2) is 11.2 Å². The topological polar surface area (TPSA) is 65.1 Å². The number of aryl methyl sites for hydroxylation is 1. The van der Waals surface area contributed by atoms with Crippen molar-refractivity contribution >= 4 is 27.6 Å². The van der Waals surface area contributed by atoms with E-state index in [0.29, 0.717) is 24.3 Å². The number of rotatable bonds is 1. The fourth-order valence-corrected chi connectivity index (χ4v) is 4.01. The van der Waals surface area contributed by atoms with Crippen LogP contribution >= 0.6 is 0 Å². The number of anilines is 1. The Balaban J connectivity index is 1.67. The molecule has 7 nitrogen and oxygen atoms in total. The molecular formula is C20H19N5O2. The minimum absolute atomic E-state index is 0.287. The summed E-state index contributed by atoms with van der Waals surface area (Å²) in [5.41, 5.74) is 1.48. The second kappa shape index (κ2) is 5.57. The van der Waals surface area contributed by atoms with Crippen LogP contribution in [0, 0.1) is 0 Å². The molecule has 3 heterocycles. The Morgan fingerprint density at radius 1 is 0.926 bits per heavy atom. The highest BCUT2D eigenvalue weighted by Gasteiger charge is 2.25. The molecule has 0 bridgehead atoms. The minimum Gasteiger partial charge on any atom is -0.362 e. The second-order valence-electron chi connectivity index (χ2n) is 6.98. The van der Waals surface area contributed by atoms with Crippen LogP contribution < -0.4 is 16.1 Å². The molecule has 27 heavy (non-hydrogen) atoms. The van der Waals surface area contributed by atoms with Crippen molar-refractivity contribution in [2.45, 2.75) is 13.1 Å². The molecule has 7 heteroatoms. The maximum absolute atomic E-state index is 12.6. The third kappa shape index (κ3) is 2.17. The van der Waals surface area contributed by atoms with Gasteiger partial charge in [0, 0.05) is 38.3 Å². The largest absolute Gasteiger partial charge is 0.362 e. The number of hydrogen-bond donors (Lipinski definition) is 0. The molecule has 5 rings (SSSR count). The van der Waals surface area contributed by atoms with Crippen molar-refractivity contribution in [2.75, 3.05) is 11.4 Å². The number of fused-ring (bicyclic) bond motifs is 4. The van der Waals surface area contributed by atoms with Gasteiger partial charge in [-0.1, -0.05) is 36.4 Å². The van der Waals surface area contributed by atoms with Gasteiger partial charge in [0.2, 0.25) is 0 Å². The van der Waals surface area contributed by atoms with Crippen LogP contribution in [0.25, 0.3) is 21.9 Å². The maximum atomic E-state index is 12.6. The average molecular weight is 361 g/mol. The Hall–Kier alpha value is -3.35. The fraction of sp³-hybridized carbons (Fsp3) is 0.250. The Kier molecular flexibility index (Phi) is 3.28. The summed E-state index contributed by atoms with van der Waals surface area (Å²) in [7, 11) is 3.17. The van der Waals surface area contributed by atoms with E-state index in [0.717, 1.165) is 22.6 Å². The number of nitrogens with zero attached hydrogens (tertiary/aromatic N) is 5. The van der Waals surface area contributed by atoms with Crippen molar-refractivity contribution < 1.29 is 0 Å². The molecule has 2 aromatic carbocycles. The lowest BCUT2D eigenvalue weighted by atomic mass is 10.1. The highest BCUT2D eigenvalue weighted by atomic mass is 16.2. The first-order chi connectivity index (χ1) is 13.1. The lowest BCUT2D eigenvalue weighted by molar-refractivity contribution is 0.570. The second-order valence-corrected chi connectivity index (χ2v) is 6.98. The van der Waals surface area contributed by atoms with E-state index in [1.54, 1.807) is 7.05 Å². The van der Waals surface area contributed by atoms with E-state index in [2.05, 4.69) is 40.2 Å². The van der Waals surface area contributed by atoms with E-state index in [-0.39, 0.29) is 11.2 Å². The Morgan fingerprint density at radius 2 is 1.70 bits per heavy atom. The molecule has 0 saturated heterocycles. The molecular weight excluding hydrogens is 342 g/mol. The van der Waals surface area contributed by atoms with Gasteiger partial charge >= 0.3 is 5.69 Å². The van der Waals surface area contributed by atoms with Crippen LogP contribution in [-0.4, -0.2) is 25.2 Å². The first-order valence-electron chi connectivity index (χ1n) is 8.94. The summed E-state index contributed by atoms with van der Waals surface area (Å²) in [6, 6.07) is 14.6. The van der Waals surface area contributed by atoms with Crippen molar-refractivity contribution in [2.24, 2.45) is 14.1 Å². The lowest BCUT2D eigenvalue weighted by Gasteiger charge is -2.30. The predicted octanol–water partition coefficient (Wildman–Crippen LogP) is 1.61. The molecule has 0 spiro atoms. The van der Waals surface area contributed by atoms with Gasteiger partial charge in [-0.2, -0.15) is 0 Å². The van der Waals surface area contributed by atoms with Crippen LogP contribution in [0.3, 0.4) is 0 Å².